The van der Waals surface area contributed by atoms with Crippen LogP contribution in [-0.2, 0) is 16.0 Å². The number of nitrogens with two attached hydrogens (primary N) is 1. The number of likely N-dealkylation sites (tertiary alicyclic amines) is 1. The van der Waals surface area contributed by atoms with Crippen molar-refractivity contribution in [3.05, 3.63) is 33.8 Å². The van der Waals surface area contributed by atoms with Gasteiger partial charge in [0.2, 0.25) is 11.8 Å². The smallest absolute Gasteiger partial charge is 0.239 e. The number of halogens is 2. The zero-order valence-corrected chi connectivity index (χ0v) is 18.5. The topological polar surface area (TPSA) is 69.9 Å². The van der Waals surface area contributed by atoms with Gasteiger partial charge in [-0.05, 0) is 57.0 Å². The zero-order chi connectivity index (χ0) is 21.0. The number of amides is 2. The van der Waals surface area contributed by atoms with E-state index in [1.165, 1.54) is 12.8 Å². The molecular formula is C21H30Cl2N4O2. The second-order valence-electron chi connectivity index (χ2n) is 8.08. The molecule has 2 atom stereocenters. The molecule has 0 unspecified atom stereocenters. The van der Waals surface area contributed by atoms with Gasteiger partial charge in [0, 0.05) is 26.2 Å². The van der Waals surface area contributed by atoms with Crippen molar-refractivity contribution in [2.24, 2.45) is 5.73 Å². The number of rotatable bonds is 6. The molecular weight excluding hydrogens is 411 g/mol. The maximum atomic E-state index is 13.1. The summed E-state index contributed by atoms with van der Waals surface area (Å²) in [7, 11) is 0. The molecule has 2 aliphatic heterocycles. The summed E-state index contributed by atoms with van der Waals surface area (Å²) >= 11 is 12.1. The van der Waals surface area contributed by atoms with E-state index in [0.29, 0.717) is 29.7 Å². The van der Waals surface area contributed by atoms with Crippen molar-refractivity contribution < 1.29 is 9.59 Å². The molecule has 1 aromatic carbocycles. The van der Waals surface area contributed by atoms with Gasteiger partial charge in [0.1, 0.15) is 0 Å². The fraction of sp³-hybridized carbons (Fsp3) is 0.619. The van der Waals surface area contributed by atoms with E-state index in [0.717, 1.165) is 31.6 Å². The first-order valence-electron chi connectivity index (χ1n) is 10.3. The molecule has 6 nitrogen and oxygen atoms in total. The predicted octanol–water partition coefficient (Wildman–Crippen LogP) is 2.41. The number of hydrogen-bond donors (Lipinski definition) is 1. The maximum absolute atomic E-state index is 13.1. The van der Waals surface area contributed by atoms with E-state index in [4.69, 9.17) is 28.9 Å². The van der Waals surface area contributed by atoms with Crippen LogP contribution in [0.2, 0.25) is 10.0 Å². The summed E-state index contributed by atoms with van der Waals surface area (Å²) in [5.74, 6) is 0.00969. The number of nitrogens with zero attached hydrogens (tertiary/aromatic N) is 3. The Labute approximate surface area is 182 Å². The molecule has 0 aliphatic carbocycles. The van der Waals surface area contributed by atoms with Crippen molar-refractivity contribution in [3.63, 3.8) is 0 Å². The minimum Gasteiger partial charge on any atom is -0.338 e. The lowest BCUT2D eigenvalue weighted by atomic mass is 10.0. The summed E-state index contributed by atoms with van der Waals surface area (Å²) in [6, 6.07) is 4.78. The third-order valence-electron chi connectivity index (χ3n) is 5.82. The molecule has 3 rings (SSSR count). The Morgan fingerprint density at radius 1 is 1.14 bits per heavy atom. The SMILES string of the molecule is C[C@H](N)C(=O)N1CCN(C(=O)Cc2ccc(Cl)c(Cl)c2)[C@H](CCN2CCCC2)C1. The highest BCUT2D eigenvalue weighted by Gasteiger charge is 2.33. The molecule has 0 radical (unpaired) electrons. The van der Waals surface area contributed by atoms with E-state index in [1.54, 1.807) is 19.1 Å². The third kappa shape index (κ3) is 5.85. The summed E-state index contributed by atoms with van der Waals surface area (Å²) in [6.45, 7) is 6.49. The number of benzene rings is 1. The van der Waals surface area contributed by atoms with Gasteiger partial charge in [-0.25, -0.2) is 0 Å². The fourth-order valence-corrected chi connectivity index (χ4v) is 4.50. The molecule has 2 heterocycles. The Kier molecular flexibility index (Phi) is 7.79. The first-order chi connectivity index (χ1) is 13.8. The van der Waals surface area contributed by atoms with E-state index in [2.05, 4.69) is 4.90 Å². The minimum absolute atomic E-state index is 0.00215. The molecule has 160 valence electrons. The van der Waals surface area contributed by atoms with Crippen LogP contribution in [0.25, 0.3) is 0 Å². The Morgan fingerprint density at radius 2 is 1.86 bits per heavy atom. The van der Waals surface area contributed by atoms with Gasteiger partial charge in [-0.2, -0.15) is 0 Å². The standard InChI is InChI=1S/C21H30Cl2N4O2/c1-15(24)21(29)26-10-11-27(17(14-26)6-9-25-7-2-3-8-25)20(28)13-16-4-5-18(22)19(23)12-16/h4-5,12,15,17H,2-3,6-11,13-14,24H2,1H3/t15-,17+/m0/s1. The third-order valence-corrected chi connectivity index (χ3v) is 6.56. The van der Waals surface area contributed by atoms with Crippen LogP contribution < -0.4 is 5.73 Å². The Balaban J connectivity index is 1.68. The van der Waals surface area contributed by atoms with Crippen molar-refractivity contribution >= 4 is 35.0 Å². The predicted molar refractivity (Wildman–Crippen MR) is 116 cm³/mol. The fourth-order valence-electron chi connectivity index (χ4n) is 4.18. The van der Waals surface area contributed by atoms with Crippen molar-refractivity contribution in [3.8, 4) is 0 Å². The van der Waals surface area contributed by atoms with Crippen LogP contribution in [-0.4, -0.2) is 77.9 Å². The van der Waals surface area contributed by atoms with E-state index >= 15 is 0 Å². The lowest BCUT2D eigenvalue weighted by molar-refractivity contribution is -0.143. The molecule has 0 spiro atoms. The van der Waals surface area contributed by atoms with Gasteiger partial charge in [-0.1, -0.05) is 29.3 Å². The summed E-state index contributed by atoms with van der Waals surface area (Å²) in [6.07, 6.45) is 3.61. The number of hydrogen-bond acceptors (Lipinski definition) is 4. The minimum atomic E-state index is -0.521. The molecule has 0 aromatic heterocycles. The molecule has 29 heavy (non-hydrogen) atoms. The Morgan fingerprint density at radius 3 is 2.52 bits per heavy atom. The molecule has 1 aromatic rings. The highest BCUT2D eigenvalue weighted by atomic mass is 35.5. The van der Waals surface area contributed by atoms with Gasteiger partial charge >= 0.3 is 0 Å². The second-order valence-corrected chi connectivity index (χ2v) is 8.89. The highest BCUT2D eigenvalue weighted by molar-refractivity contribution is 6.42. The van der Waals surface area contributed by atoms with E-state index in [-0.39, 0.29) is 24.3 Å². The summed E-state index contributed by atoms with van der Waals surface area (Å²) in [5.41, 5.74) is 6.65. The lowest BCUT2D eigenvalue weighted by Crippen LogP contribution is -2.59. The number of piperazine rings is 1. The van der Waals surface area contributed by atoms with Gasteiger partial charge in [-0.15, -0.1) is 0 Å². The van der Waals surface area contributed by atoms with E-state index in [1.807, 2.05) is 15.9 Å². The van der Waals surface area contributed by atoms with Crippen molar-refractivity contribution in [1.82, 2.24) is 14.7 Å². The van der Waals surface area contributed by atoms with Gasteiger partial charge in [0.25, 0.3) is 0 Å². The van der Waals surface area contributed by atoms with Gasteiger partial charge in [0.15, 0.2) is 0 Å². The van der Waals surface area contributed by atoms with Crippen LogP contribution in [0.15, 0.2) is 18.2 Å². The normalized spacial score (nSPS) is 21.4. The highest BCUT2D eigenvalue weighted by Crippen LogP contribution is 2.24. The zero-order valence-electron chi connectivity index (χ0n) is 16.9. The van der Waals surface area contributed by atoms with Crippen LogP contribution in [0.1, 0.15) is 31.7 Å². The van der Waals surface area contributed by atoms with Crippen LogP contribution in [0, 0.1) is 0 Å². The largest absolute Gasteiger partial charge is 0.338 e. The number of carbonyl (C=O) groups is 2. The lowest BCUT2D eigenvalue weighted by Gasteiger charge is -2.42. The molecule has 0 saturated carbocycles. The van der Waals surface area contributed by atoms with Crippen LogP contribution in [0.5, 0.6) is 0 Å². The van der Waals surface area contributed by atoms with Crippen molar-refractivity contribution in [2.45, 2.75) is 44.7 Å². The van der Waals surface area contributed by atoms with Gasteiger partial charge in [-0.3, -0.25) is 9.59 Å². The van der Waals surface area contributed by atoms with E-state index < -0.39 is 6.04 Å². The van der Waals surface area contributed by atoms with E-state index in [9.17, 15) is 9.59 Å². The Hall–Kier alpha value is -1.34. The summed E-state index contributed by atoms with van der Waals surface area (Å²) in [4.78, 5) is 31.7. The van der Waals surface area contributed by atoms with Crippen LogP contribution in [0.3, 0.4) is 0 Å². The van der Waals surface area contributed by atoms with Gasteiger partial charge < -0.3 is 20.4 Å². The summed E-state index contributed by atoms with van der Waals surface area (Å²) < 4.78 is 0. The van der Waals surface area contributed by atoms with Crippen molar-refractivity contribution in [2.75, 3.05) is 39.3 Å². The average Bonchev–Trinajstić information content (AvgIpc) is 3.22. The molecule has 0 bridgehead atoms. The molecule has 2 saturated heterocycles. The monoisotopic (exact) mass is 440 g/mol. The second kappa shape index (κ2) is 10.1. The van der Waals surface area contributed by atoms with Crippen LogP contribution >= 0.6 is 23.2 Å². The summed E-state index contributed by atoms with van der Waals surface area (Å²) in [5, 5.41) is 0.935. The Bertz CT molecular complexity index is 737. The number of carbonyl (C=O) groups excluding carboxylic acids is 2. The van der Waals surface area contributed by atoms with Crippen LogP contribution in [0.4, 0.5) is 0 Å². The first-order valence-corrected chi connectivity index (χ1v) is 11.1. The molecule has 2 aliphatic rings. The maximum Gasteiger partial charge on any atom is 0.239 e. The molecule has 2 N–H and O–H groups in total. The molecule has 2 amide bonds. The average molecular weight is 441 g/mol. The molecule has 8 heteroatoms. The van der Waals surface area contributed by atoms with Crippen molar-refractivity contribution in [1.29, 1.82) is 0 Å². The first kappa shape index (κ1) is 22.3. The van der Waals surface area contributed by atoms with Gasteiger partial charge in [0.05, 0.1) is 28.5 Å². The quantitative estimate of drug-likeness (QED) is 0.736. The molecule has 2 fully saturated rings.